The average molecular weight is 639 g/mol. The average Bonchev–Trinajstić information content (AvgIpc) is 3.91. The van der Waals surface area contributed by atoms with E-state index in [4.69, 9.17) is 8.83 Å². The van der Waals surface area contributed by atoms with E-state index in [0.717, 1.165) is 93.2 Å². The van der Waals surface area contributed by atoms with E-state index in [2.05, 4.69) is 81.9 Å². The number of fused-ring (bicyclic) bond motifs is 14. The Bertz CT molecular complexity index is 3360. The van der Waals surface area contributed by atoms with E-state index < -0.39 is 0 Å². The highest BCUT2D eigenvalue weighted by Gasteiger charge is 2.26. The Labute approximate surface area is 283 Å². The third-order valence-corrected chi connectivity index (χ3v) is 10.2. The van der Waals surface area contributed by atoms with Gasteiger partial charge >= 0.3 is 0 Å². The van der Waals surface area contributed by atoms with Crippen LogP contribution in [0.25, 0.3) is 98.9 Å². The van der Waals surface area contributed by atoms with Crippen molar-refractivity contribution < 1.29 is 8.83 Å². The van der Waals surface area contributed by atoms with Crippen molar-refractivity contribution in [2.45, 2.75) is 0 Å². The SMILES string of the molecule is N#Cc1ccc(-n2c3ccccc3c3c4oc5ccccc5c4ccc32)c(-n2c3ccccc3c3c4oc5ccccc5c4ccc32)c1C#N. The van der Waals surface area contributed by atoms with Gasteiger partial charge in [0.15, 0.2) is 0 Å². The van der Waals surface area contributed by atoms with Crippen LogP contribution in [0, 0.1) is 22.7 Å². The summed E-state index contributed by atoms with van der Waals surface area (Å²) < 4.78 is 17.5. The van der Waals surface area contributed by atoms with Crippen LogP contribution in [0.15, 0.2) is 142 Å². The molecule has 0 saturated heterocycles. The molecule has 0 aliphatic rings. The second kappa shape index (κ2) is 9.64. The van der Waals surface area contributed by atoms with E-state index in [9.17, 15) is 10.5 Å². The summed E-state index contributed by atoms with van der Waals surface area (Å²) in [6, 6.07) is 49.6. The van der Waals surface area contributed by atoms with Crippen LogP contribution >= 0.6 is 0 Å². The van der Waals surface area contributed by atoms with Gasteiger partial charge in [-0.05, 0) is 60.7 Å². The van der Waals surface area contributed by atoms with E-state index >= 15 is 0 Å². The van der Waals surface area contributed by atoms with Crippen molar-refractivity contribution in [2.24, 2.45) is 0 Å². The molecule has 0 amide bonds. The largest absolute Gasteiger partial charge is 0.455 e. The topological polar surface area (TPSA) is 83.7 Å². The first kappa shape index (κ1) is 26.8. The number of aromatic nitrogens is 2. The minimum absolute atomic E-state index is 0.299. The van der Waals surface area contributed by atoms with Crippen LogP contribution in [-0.2, 0) is 0 Å². The lowest BCUT2D eigenvalue weighted by atomic mass is 10.0. The molecule has 0 saturated carbocycles. The van der Waals surface area contributed by atoms with Crippen LogP contribution in [0.5, 0.6) is 0 Å². The fourth-order valence-corrected chi connectivity index (χ4v) is 8.16. The molecule has 7 aromatic carbocycles. The summed E-state index contributed by atoms with van der Waals surface area (Å²) >= 11 is 0. The van der Waals surface area contributed by atoms with Crippen molar-refractivity contribution in [1.29, 1.82) is 10.5 Å². The molecule has 11 rings (SSSR count). The first-order chi connectivity index (χ1) is 24.7. The molecule has 230 valence electrons. The number of nitrogens with zero attached hydrogens (tertiary/aromatic N) is 4. The minimum atomic E-state index is 0.299. The lowest BCUT2D eigenvalue weighted by Crippen LogP contribution is -2.07. The second-order valence-electron chi connectivity index (χ2n) is 12.7. The van der Waals surface area contributed by atoms with Gasteiger partial charge in [-0.1, -0.05) is 72.8 Å². The Kier molecular flexibility index (Phi) is 5.16. The molecule has 0 aliphatic carbocycles. The highest BCUT2D eigenvalue weighted by molar-refractivity contribution is 6.25. The predicted octanol–water partition coefficient (Wildman–Crippen LogP) is 11.4. The van der Waals surface area contributed by atoms with Gasteiger partial charge in [0.1, 0.15) is 34.5 Å². The Balaban J connectivity index is 1.34. The molecular weight excluding hydrogens is 617 g/mol. The predicted molar refractivity (Wildman–Crippen MR) is 199 cm³/mol. The van der Waals surface area contributed by atoms with E-state index in [1.165, 1.54) is 0 Å². The number of furan rings is 2. The van der Waals surface area contributed by atoms with Gasteiger partial charge in [-0.3, -0.25) is 0 Å². The van der Waals surface area contributed by atoms with E-state index in [-0.39, 0.29) is 0 Å². The molecule has 0 atom stereocenters. The highest BCUT2D eigenvalue weighted by atomic mass is 16.3. The van der Waals surface area contributed by atoms with Crippen LogP contribution in [0.1, 0.15) is 11.1 Å². The molecule has 4 heterocycles. The molecule has 0 bridgehead atoms. The number of hydrogen-bond acceptors (Lipinski definition) is 4. The Morgan fingerprint density at radius 1 is 0.420 bits per heavy atom. The zero-order valence-electron chi connectivity index (χ0n) is 26.3. The summed E-state index contributed by atoms with van der Waals surface area (Å²) in [7, 11) is 0. The molecule has 6 heteroatoms. The van der Waals surface area contributed by atoms with Crippen LogP contribution in [0.3, 0.4) is 0 Å². The second-order valence-corrected chi connectivity index (χ2v) is 12.7. The molecule has 0 fully saturated rings. The van der Waals surface area contributed by atoms with E-state index in [0.29, 0.717) is 16.8 Å². The molecule has 0 aliphatic heterocycles. The maximum absolute atomic E-state index is 10.9. The smallest absolute Gasteiger partial charge is 0.145 e. The quantitative estimate of drug-likeness (QED) is 0.189. The Morgan fingerprint density at radius 2 is 0.920 bits per heavy atom. The summed E-state index contributed by atoms with van der Waals surface area (Å²) in [6.07, 6.45) is 0. The summed E-state index contributed by atoms with van der Waals surface area (Å²) in [5.41, 5.74) is 8.95. The van der Waals surface area contributed by atoms with Crippen molar-refractivity contribution in [2.75, 3.05) is 0 Å². The van der Waals surface area contributed by atoms with E-state index in [1.54, 1.807) is 6.07 Å². The molecule has 0 N–H and O–H groups in total. The summed E-state index contributed by atoms with van der Waals surface area (Å²) in [5.74, 6) is 0. The Morgan fingerprint density at radius 3 is 1.48 bits per heavy atom. The van der Waals surface area contributed by atoms with Crippen molar-refractivity contribution in [3.8, 4) is 23.5 Å². The van der Waals surface area contributed by atoms with Crippen LogP contribution < -0.4 is 0 Å². The van der Waals surface area contributed by atoms with Gasteiger partial charge in [0.05, 0.1) is 55.3 Å². The maximum atomic E-state index is 10.9. The van der Waals surface area contributed by atoms with Crippen LogP contribution in [0.4, 0.5) is 0 Å². The van der Waals surface area contributed by atoms with Gasteiger partial charge in [-0.2, -0.15) is 10.5 Å². The number of benzene rings is 7. The summed E-state index contributed by atoms with van der Waals surface area (Å²) in [4.78, 5) is 0. The van der Waals surface area contributed by atoms with Gasteiger partial charge in [-0.15, -0.1) is 0 Å². The monoisotopic (exact) mass is 638 g/mol. The lowest BCUT2D eigenvalue weighted by Gasteiger charge is -2.18. The summed E-state index contributed by atoms with van der Waals surface area (Å²) in [6.45, 7) is 0. The number of rotatable bonds is 2. The maximum Gasteiger partial charge on any atom is 0.145 e. The molecule has 0 radical (unpaired) electrons. The van der Waals surface area contributed by atoms with Crippen molar-refractivity contribution >= 4 is 87.5 Å². The van der Waals surface area contributed by atoms with Gasteiger partial charge in [0.25, 0.3) is 0 Å². The zero-order valence-corrected chi connectivity index (χ0v) is 26.3. The number of hydrogen-bond donors (Lipinski definition) is 0. The van der Waals surface area contributed by atoms with Crippen molar-refractivity contribution in [3.63, 3.8) is 0 Å². The zero-order chi connectivity index (χ0) is 33.1. The van der Waals surface area contributed by atoms with Crippen molar-refractivity contribution in [1.82, 2.24) is 9.13 Å². The minimum Gasteiger partial charge on any atom is -0.455 e. The third-order valence-electron chi connectivity index (χ3n) is 10.2. The number of para-hydroxylation sites is 4. The molecule has 0 spiro atoms. The molecular formula is C44H22N4O2. The molecule has 6 nitrogen and oxygen atoms in total. The molecule has 50 heavy (non-hydrogen) atoms. The molecule has 11 aromatic rings. The fourth-order valence-electron chi connectivity index (χ4n) is 8.16. The molecule has 4 aromatic heterocycles. The highest BCUT2D eigenvalue weighted by Crippen LogP contribution is 2.45. The van der Waals surface area contributed by atoms with Crippen LogP contribution in [0.2, 0.25) is 0 Å². The standard InChI is InChI=1S/C44H22N4O2/c45-23-25-17-20-37(47-33-13-5-1-11-30(33)40-35(47)21-18-28-26-9-3-7-15-38(26)49-43(28)40)42(32(25)24-46)48-34-14-6-2-12-31(34)41-36(48)22-19-29-27-10-4-8-16-39(27)50-44(29)41/h1-22H. The Hall–Kier alpha value is -7.28. The van der Waals surface area contributed by atoms with Gasteiger partial charge in [-0.25, -0.2) is 0 Å². The van der Waals surface area contributed by atoms with Gasteiger partial charge in [0.2, 0.25) is 0 Å². The normalized spacial score (nSPS) is 12.0. The third kappa shape index (κ3) is 3.29. The summed E-state index contributed by atoms with van der Waals surface area (Å²) in [5, 5.41) is 29.4. The number of nitriles is 2. The first-order valence-electron chi connectivity index (χ1n) is 16.4. The van der Waals surface area contributed by atoms with Crippen LogP contribution in [-0.4, -0.2) is 9.13 Å². The fraction of sp³-hybridized carbons (Fsp3) is 0. The van der Waals surface area contributed by atoms with E-state index in [1.807, 2.05) is 66.7 Å². The van der Waals surface area contributed by atoms with Crippen molar-refractivity contribution in [3.05, 3.63) is 145 Å². The first-order valence-corrected chi connectivity index (χ1v) is 16.4. The van der Waals surface area contributed by atoms with Gasteiger partial charge in [0, 0.05) is 32.3 Å². The van der Waals surface area contributed by atoms with Gasteiger partial charge < -0.3 is 18.0 Å². The molecule has 0 unspecified atom stereocenters. The lowest BCUT2D eigenvalue weighted by molar-refractivity contribution is 0.672.